The van der Waals surface area contributed by atoms with Crippen molar-refractivity contribution in [3.8, 4) is 0 Å². The molecule has 0 aromatic heterocycles. The molecule has 1 fully saturated rings. The van der Waals surface area contributed by atoms with Gasteiger partial charge in [0.1, 0.15) is 6.61 Å². The third kappa shape index (κ3) is 6.83. The molecule has 0 aliphatic carbocycles. The van der Waals surface area contributed by atoms with E-state index in [-0.39, 0.29) is 61.2 Å². The topological polar surface area (TPSA) is 103 Å². The Morgan fingerprint density at radius 1 is 1.12 bits per heavy atom. The van der Waals surface area contributed by atoms with Gasteiger partial charge < -0.3 is 24.2 Å². The SMILES string of the molecule is COC1OC(COC(C)=O)C(C)C(C)C1NC(=O)CCCC(=O)NS. The molecule has 0 bridgehead atoms. The molecule has 144 valence electrons. The molecule has 1 aliphatic heterocycles. The highest BCUT2D eigenvalue weighted by molar-refractivity contribution is 7.78. The monoisotopic (exact) mass is 376 g/mol. The van der Waals surface area contributed by atoms with Gasteiger partial charge in [-0.25, -0.2) is 0 Å². The van der Waals surface area contributed by atoms with Gasteiger partial charge in [-0.15, -0.1) is 0 Å². The van der Waals surface area contributed by atoms with Crippen LogP contribution in [-0.4, -0.2) is 49.9 Å². The molecular weight excluding hydrogens is 348 g/mol. The summed E-state index contributed by atoms with van der Waals surface area (Å²) in [6, 6.07) is -0.320. The minimum absolute atomic E-state index is 0.0592. The zero-order valence-electron chi connectivity index (χ0n) is 15.1. The first-order valence-electron chi connectivity index (χ1n) is 8.34. The minimum atomic E-state index is -0.628. The second kappa shape index (κ2) is 10.6. The maximum Gasteiger partial charge on any atom is 0.302 e. The van der Waals surface area contributed by atoms with Gasteiger partial charge in [0.2, 0.25) is 11.8 Å². The lowest BCUT2D eigenvalue weighted by Crippen LogP contribution is -2.58. The number of carbonyl (C=O) groups is 3. The molecule has 2 amide bonds. The van der Waals surface area contributed by atoms with E-state index in [1.807, 2.05) is 13.8 Å². The lowest BCUT2D eigenvalue weighted by atomic mass is 9.82. The lowest BCUT2D eigenvalue weighted by molar-refractivity contribution is -0.234. The summed E-state index contributed by atoms with van der Waals surface area (Å²) in [6.07, 6.45) is -0.0240. The van der Waals surface area contributed by atoms with Crippen molar-refractivity contribution in [2.24, 2.45) is 11.8 Å². The first-order chi connectivity index (χ1) is 11.8. The molecule has 1 heterocycles. The van der Waals surface area contributed by atoms with Gasteiger partial charge in [0, 0.05) is 26.9 Å². The van der Waals surface area contributed by atoms with Crippen LogP contribution in [0.2, 0.25) is 0 Å². The number of thiol groups is 1. The van der Waals surface area contributed by atoms with Crippen molar-refractivity contribution in [3.05, 3.63) is 0 Å². The molecule has 9 heteroatoms. The molecule has 1 saturated heterocycles. The van der Waals surface area contributed by atoms with Crippen molar-refractivity contribution in [3.63, 3.8) is 0 Å². The van der Waals surface area contributed by atoms with Crippen molar-refractivity contribution in [2.45, 2.75) is 58.5 Å². The van der Waals surface area contributed by atoms with Crippen LogP contribution in [0, 0.1) is 11.8 Å². The Balaban J connectivity index is 2.59. The molecule has 5 atom stereocenters. The van der Waals surface area contributed by atoms with Crippen molar-refractivity contribution in [1.82, 2.24) is 10.0 Å². The summed E-state index contributed by atoms with van der Waals surface area (Å²) >= 11 is 3.67. The van der Waals surface area contributed by atoms with Gasteiger partial charge in [-0.2, -0.15) is 0 Å². The number of carbonyl (C=O) groups excluding carboxylic acids is 3. The van der Waals surface area contributed by atoms with Gasteiger partial charge in [-0.05, 0) is 18.3 Å². The van der Waals surface area contributed by atoms with Crippen LogP contribution in [0.1, 0.15) is 40.0 Å². The highest BCUT2D eigenvalue weighted by Crippen LogP contribution is 2.31. The van der Waals surface area contributed by atoms with Crippen LogP contribution in [0.25, 0.3) is 0 Å². The Morgan fingerprint density at radius 3 is 2.32 bits per heavy atom. The van der Waals surface area contributed by atoms with Gasteiger partial charge in [-0.1, -0.05) is 26.7 Å². The fourth-order valence-corrected chi connectivity index (χ4v) is 2.92. The Bertz CT molecular complexity index is 474. The summed E-state index contributed by atoms with van der Waals surface area (Å²) in [5.74, 6) is -0.629. The molecule has 25 heavy (non-hydrogen) atoms. The molecule has 1 rings (SSSR count). The molecule has 0 saturated carbocycles. The number of amides is 2. The quantitative estimate of drug-likeness (QED) is 0.428. The normalized spacial score (nSPS) is 28.9. The van der Waals surface area contributed by atoms with Gasteiger partial charge in [-0.3, -0.25) is 14.4 Å². The largest absolute Gasteiger partial charge is 0.463 e. The van der Waals surface area contributed by atoms with Gasteiger partial charge >= 0.3 is 5.97 Å². The van der Waals surface area contributed by atoms with E-state index in [4.69, 9.17) is 14.2 Å². The van der Waals surface area contributed by atoms with Crippen LogP contribution in [0.4, 0.5) is 0 Å². The number of esters is 1. The Morgan fingerprint density at radius 2 is 1.76 bits per heavy atom. The average molecular weight is 376 g/mol. The van der Waals surface area contributed by atoms with E-state index in [1.165, 1.54) is 14.0 Å². The number of rotatable bonds is 8. The van der Waals surface area contributed by atoms with Crippen LogP contribution < -0.4 is 10.0 Å². The molecule has 2 N–H and O–H groups in total. The minimum Gasteiger partial charge on any atom is -0.463 e. The summed E-state index contributed by atoms with van der Waals surface area (Å²) < 4.78 is 18.5. The van der Waals surface area contributed by atoms with E-state index in [9.17, 15) is 14.4 Å². The molecule has 0 spiro atoms. The molecular formula is C16H28N2O6S. The molecule has 0 aromatic carbocycles. The summed E-state index contributed by atoms with van der Waals surface area (Å²) in [7, 11) is 1.51. The second-order valence-electron chi connectivity index (χ2n) is 6.28. The van der Waals surface area contributed by atoms with Crippen molar-refractivity contribution in [1.29, 1.82) is 0 Å². The average Bonchev–Trinajstić information content (AvgIpc) is 2.58. The summed E-state index contributed by atoms with van der Waals surface area (Å²) in [5.41, 5.74) is 0. The molecule has 0 aromatic rings. The molecule has 5 unspecified atom stereocenters. The number of ether oxygens (including phenoxy) is 3. The van der Waals surface area contributed by atoms with Crippen molar-refractivity contribution < 1.29 is 28.6 Å². The maximum atomic E-state index is 12.1. The Labute approximate surface area is 153 Å². The second-order valence-corrected chi connectivity index (χ2v) is 6.50. The number of hydrogen-bond acceptors (Lipinski definition) is 7. The van der Waals surface area contributed by atoms with E-state index in [0.717, 1.165) is 0 Å². The zero-order chi connectivity index (χ0) is 19.0. The van der Waals surface area contributed by atoms with Crippen LogP contribution in [0.5, 0.6) is 0 Å². The van der Waals surface area contributed by atoms with Crippen LogP contribution >= 0.6 is 12.8 Å². The fraction of sp³-hybridized carbons (Fsp3) is 0.812. The highest BCUT2D eigenvalue weighted by atomic mass is 32.1. The summed E-state index contributed by atoms with van der Waals surface area (Å²) in [5, 5.41) is 2.93. The van der Waals surface area contributed by atoms with E-state index in [2.05, 4.69) is 22.9 Å². The summed E-state index contributed by atoms with van der Waals surface area (Å²) in [4.78, 5) is 34.3. The number of nitrogens with one attached hydrogen (secondary N) is 2. The van der Waals surface area contributed by atoms with Crippen molar-refractivity contribution >= 4 is 30.6 Å². The zero-order valence-corrected chi connectivity index (χ0v) is 16.0. The predicted molar refractivity (Wildman–Crippen MR) is 93.5 cm³/mol. The first-order valence-corrected chi connectivity index (χ1v) is 8.78. The fourth-order valence-electron chi connectivity index (χ4n) is 2.81. The predicted octanol–water partition coefficient (Wildman–Crippen LogP) is 0.809. The summed E-state index contributed by atoms with van der Waals surface area (Å²) in [6.45, 7) is 5.49. The smallest absolute Gasteiger partial charge is 0.302 e. The maximum absolute atomic E-state index is 12.1. The molecule has 1 aliphatic rings. The number of methoxy groups -OCH3 is 1. The van der Waals surface area contributed by atoms with E-state index >= 15 is 0 Å². The van der Waals surface area contributed by atoms with Crippen LogP contribution in [0.3, 0.4) is 0 Å². The van der Waals surface area contributed by atoms with Gasteiger partial charge in [0.05, 0.1) is 12.1 Å². The van der Waals surface area contributed by atoms with Crippen LogP contribution in [0.15, 0.2) is 0 Å². The van der Waals surface area contributed by atoms with Crippen LogP contribution in [-0.2, 0) is 28.6 Å². The van der Waals surface area contributed by atoms with E-state index in [0.29, 0.717) is 6.42 Å². The van der Waals surface area contributed by atoms with Gasteiger partial charge in [0.15, 0.2) is 6.29 Å². The standard InChI is InChI=1S/C16H28N2O6S/c1-9-10(2)15(17-13(20)6-5-7-14(21)18-25)16(22-4)24-12(9)8-23-11(3)19/h9-10,12,15-16,25H,5-8H2,1-4H3,(H,17,20)(H,18,21). The third-order valence-corrected chi connectivity index (χ3v) is 4.78. The lowest BCUT2D eigenvalue weighted by Gasteiger charge is -2.44. The Kier molecular flexibility index (Phi) is 9.23. The molecule has 8 nitrogen and oxygen atoms in total. The van der Waals surface area contributed by atoms with E-state index < -0.39 is 6.29 Å². The Hall–Kier alpha value is -1.32. The van der Waals surface area contributed by atoms with Gasteiger partial charge in [0.25, 0.3) is 0 Å². The van der Waals surface area contributed by atoms with Crippen molar-refractivity contribution in [2.75, 3.05) is 13.7 Å². The number of hydrogen-bond donors (Lipinski definition) is 3. The first kappa shape index (κ1) is 21.7. The van der Waals surface area contributed by atoms with E-state index in [1.54, 1.807) is 0 Å². The third-order valence-electron chi connectivity index (χ3n) is 4.53. The molecule has 0 radical (unpaired) electrons. The highest BCUT2D eigenvalue weighted by Gasteiger charge is 2.42.